The van der Waals surface area contributed by atoms with E-state index in [1.807, 2.05) is 13.0 Å². The summed E-state index contributed by atoms with van der Waals surface area (Å²) < 4.78 is 27.3. The second-order valence-corrected chi connectivity index (χ2v) is 8.50. The molecule has 13 heteroatoms. The Bertz CT molecular complexity index is 1340. The Labute approximate surface area is 237 Å². The first-order chi connectivity index (χ1) is 19.8. The van der Waals surface area contributed by atoms with Gasteiger partial charge in [-0.1, -0.05) is 6.07 Å². The van der Waals surface area contributed by atoms with Crippen LogP contribution in [0.25, 0.3) is 0 Å². The highest BCUT2D eigenvalue weighted by molar-refractivity contribution is 5.95. The molecule has 2 aromatic carbocycles. The van der Waals surface area contributed by atoms with Crippen molar-refractivity contribution in [3.63, 3.8) is 0 Å². The fourth-order valence-corrected chi connectivity index (χ4v) is 3.92. The number of hydrogen-bond acceptors (Lipinski definition) is 11. The van der Waals surface area contributed by atoms with Crippen LogP contribution in [0, 0.1) is 11.3 Å². The molecule has 0 unspecified atom stereocenters. The number of benzene rings is 2. The van der Waals surface area contributed by atoms with E-state index < -0.39 is 24.3 Å². The van der Waals surface area contributed by atoms with Gasteiger partial charge in [-0.05, 0) is 62.2 Å². The minimum absolute atomic E-state index is 0.102. The Kier molecular flexibility index (Phi) is 11.2. The zero-order chi connectivity index (χ0) is 29.8. The van der Waals surface area contributed by atoms with E-state index in [-0.39, 0.29) is 18.8 Å². The summed E-state index contributed by atoms with van der Waals surface area (Å²) in [5.74, 6) is 1.03. The number of urea groups is 1. The van der Waals surface area contributed by atoms with Crippen LogP contribution in [0.5, 0.6) is 23.0 Å². The number of nitrogens with zero attached hydrogens (tertiary/aromatic N) is 2. The van der Waals surface area contributed by atoms with Gasteiger partial charge in [0.25, 0.3) is 0 Å². The highest BCUT2D eigenvalue weighted by Crippen LogP contribution is 2.35. The number of methoxy groups -OCH3 is 1. The van der Waals surface area contributed by atoms with Crippen LogP contribution in [0.15, 0.2) is 52.8 Å². The number of allylic oxidation sites excluding steroid dienone is 1. The standard InChI is InChI=1S/C28H33N5O8/c1-5-38-22-13-18(7-9-20(22)40-12-11-29)15-30-33-24(34)16-41-21-10-8-19(14-23(21)39-6-2)26-25(27(35)37-4)17(3)31-28(36)32-26/h7-10,13-15,24,26,33-34H,5-6,12,16H2,1-4H3,(H2,31,32,36)/b30-15-/t24-,26-/m1/s1. The number of aliphatic hydroxyl groups is 1. The van der Waals surface area contributed by atoms with Crippen LogP contribution in [-0.2, 0) is 9.53 Å². The van der Waals surface area contributed by atoms with Crippen molar-refractivity contribution in [1.82, 2.24) is 16.1 Å². The molecule has 2 aromatic rings. The van der Waals surface area contributed by atoms with E-state index in [1.165, 1.54) is 13.3 Å². The van der Waals surface area contributed by atoms with Gasteiger partial charge in [0.15, 0.2) is 35.8 Å². The lowest BCUT2D eigenvalue weighted by atomic mass is 9.95. The number of amides is 2. The molecule has 41 heavy (non-hydrogen) atoms. The number of nitriles is 1. The molecular formula is C28H33N5O8. The van der Waals surface area contributed by atoms with Gasteiger partial charge in [-0.25, -0.2) is 9.59 Å². The van der Waals surface area contributed by atoms with Gasteiger partial charge < -0.3 is 39.4 Å². The molecule has 13 nitrogen and oxygen atoms in total. The van der Waals surface area contributed by atoms with E-state index in [2.05, 4.69) is 21.2 Å². The van der Waals surface area contributed by atoms with Crippen LogP contribution < -0.4 is 35.0 Å². The fourth-order valence-electron chi connectivity index (χ4n) is 3.92. The maximum Gasteiger partial charge on any atom is 0.337 e. The summed E-state index contributed by atoms with van der Waals surface area (Å²) >= 11 is 0. The normalized spacial score (nSPS) is 15.3. The molecule has 1 aliphatic rings. The van der Waals surface area contributed by atoms with Gasteiger partial charge in [0, 0.05) is 5.70 Å². The minimum Gasteiger partial charge on any atom is -0.490 e. The molecule has 4 N–H and O–H groups in total. The third-order valence-corrected chi connectivity index (χ3v) is 5.67. The lowest BCUT2D eigenvalue weighted by Crippen LogP contribution is -2.45. The largest absolute Gasteiger partial charge is 0.490 e. The van der Waals surface area contributed by atoms with Crippen molar-refractivity contribution < 1.29 is 38.4 Å². The van der Waals surface area contributed by atoms with Gasteiger partial charge >= 0.3 is 12.0 Å². The molecule has 1 heterocycles. The van der Waals surface area contributed by atoms with Gasteiger partial charge in [0.1, 0.15) is 12.7 Å². The van der Waals surface area contributed by atoms with Crippen molar-refractivity contribution in [2.75, 3.05) is 33.5 Å². The molecule has 2 atom stereocenters. The number of aliphatic hydroxyl groups excluding tert-OH is 1. The number of rotatable bonds is 14. The van der Waals surface area contributed by atoms with E-state index in [0.717, 1.165) is 0 Å². The van der Waals surface area contributed by atoms with Gasteiger partial charge in [-0.15, -0.1) is 0 Å². The molecule has 0 saturated heterocycles. The number of ether oxygens (including phenoxy) is 5. The van der Waals surface area contributed by atoms with Crippen LogP contribution >= 0.6 is 0 Å². The zero-order valence-electron chi connectivity index (χ0n) is 23.2. The van der Waals surface area contributed by atoms with Crippen LogP contribution in [0.1, 0.15) is 37.9 Å². The third-order valence-electron chi connectivity index (χ3n) is 5.67. The van der Waals surface area contributed by atoms with E-state index >= 15 is 0 Å². The molecule has 0 spiro atoms. The summed E-state index contributed by atoms with van der Waals surface area (Å²) in [5.41, 5.74) is 4.48. The Morgan fingerprint density at radius 2 is 1.78 bits per heavy atom. The average Bonchev–Trinajstić information content (AvgIpc) is 2.95. The minimum atomic E-state index is -1.16. The Morgan fingerprint density at radius 1 is 1.10 bits per heavy atom. The van der Waals surface area contributed by atoms with Gasteiger partial charge in [-0.3, -0.25) is 5.43 Å². The number of nitrogens with one attached hydrogen (secondary N) is 3. The number of carbonyl (C=O) groups excluding carboxylic acids is 2. The van der Waals surface area contributed by atoms with Crippen molar-refractivity contribution in [3.05, 3.63) is 58.8 Å². The summed E-state index contributed by atoms with van der Waals surface area (Å²) in [4.78, 5) is 24.5. The number of carbonyl (C=O) groups is 2. The maximum atomic E-state index is 12.4. The third kappa shape index (κ3) is 8.26. The van der Waals surface area contributed by atoms with Crippen molar-refractivity contribution in [3.8, 4) is 29.1 Å². The molecule has 1 aliphatic heterocycles. The van der Waals surface area contributed by atoms with Gasteiger partial charge in [-0.2, -0.15) is 10.4 Å². The second kappa shape index (κ2) is 15.0. The molecule has 0 aromatic heterocycles. The molecule has 0 bridgehead atoms. The highest BCUT2D eigenvalue weighted by atomic mass is 16.5. The first kappa shape index (κ1) is 30.6. The summed E-state index contributed by atoms with van der Waals surface area (Å²) in [6.45, 7) is 5.72. The summed E-state index contributed by atoms with van der Waals surface area (Å²) in [5, 5.41) is 28.4. The lowest BCUT2D eigenvalue weighted by Gasteiger charge is -2.28. The molecule has 0 radical (unpaired) electrons. The fraction of sp³-hybridized carbons (Fsp3) is 0.357. The Balaban J connectivity index is 1.67. The molecule has 218 valence electrons. The van der Waals surface area contributed by atoms with Crippen molar-refractivity contribution in [2.45, 2.75) is 33.0 Å². The first-order valence-electron chi connectivity index (χ1n) is 12.8. The lowest BCUT2D eigenvalue weighted by molar-refractivity contribution is -0.136. The molecule has 0 fully saturated rings. The Morgan fingerprint density at radius 3 is 2.46 bits per heavy atom. The Hall–Kier alpha value is -4.96. The van der Waals surface area contributed by atoms with Crippen LogP contribution in [0.3, 0.4) is 0 Å². The van der Waals surface area contributed by atoms with Crippen molar-refractivity contribution in [1.29, 1.82) is 5.26 Å². The molecule has 0 aliphatic carbocycles. The molecular weight excluding hydrogens is 534 g/mol. The smallest absolute Gasteiger partial charge is 0.337 e. The van der Waals surface area contributed by atoms with E-state index in [0.29, 0.717) is 53.0 Å². The van der Waals surface area contributed by atoms with Gasteiger partial charge in [0.05, 0.1) is 38.2 Å². The predicted octanol–water partition coefficient (Wildman–Crippen LogP) is 2.51. The summed E-state index contributed by atoms with van der Waals surface area (Å²) in [7, 11) is 1.27. The topological polar surface area (TPSA) is 173 Å². The number of hydrazone groups is 1. The van der Waals surface area contributed by atoms with Crippen LogP contribution in [0.2, 0.25) is 0 Å². The van der Waals surface area contributed by atoms with E-state index in [1.54, 1.807) is 50.2 Å². The van der Waals surface area contributed by atoms with Crippen LogP contribution in [-0.4, -0.2) is 63.1 Å². The summed E-state index contributed by atoms with van der Waals surface area (Å²) in [6.07, 6.45) is 0.326. The SMILES string of the molecule is CCOc1cc(/C=N\N[C@H](O)COc2ccc([C@H]3NC(=O)NC(C)=C3C(=O)OC)cc2OCC)ccc1OCC#N. The predicted molar refractivity (Wildman–Crippen MR) is 148 cm³/mol. The number of hydrogen-bond donors (Lipinski definition) is 4. The van der Waals surface area contributed by atoms with E-state index in [4.69, 9.17) is 28.9 Å². The maximum absolute atomic E-state index is 12.4. The van der Waals surface area contributed by atoms with Crippen molar-refractivity contribution >= 4 is 18.2 Å². The second-order valence-electron chi connectivity index (χ2n) is 8.50. The first-order valence-corrected chi connectivity index (χ1v) is 12.8. The van der Waals surface area contributed by atoms with Crippen molar-refractivity contribution in [2.24, 2.45) is 5.10 Å². The monoisotopic (exact) mass is 567 g/mol. The quantitative estimate of drug-likeness (QED) is 0.115. The summed E-state index contributed by atoms with van der Waals surface area (Å²) in [6, 6.07) is 10.8. The molecule has 0 saturated carbocycles. The molecule has 2 amide bonds. The van der Waals surface area contributed by atoms with Gasteiger partial charge in [0.2, 0.25) is 0 Å². The van der Waals surface area contributed by atoms with E-state index in [9.17, 15) is 14.7 Å². The number of esters is 1. The average molecular weight is 568 g/mol. The van der Waals surface area contributed by atoms with Crippen LogP contribution in [0.4, 0.5) is 4.79 Å². The molecule has 3 rings (SSSR count). The zero-order valence-corrected chi connectivity index (χ0v) is 23.2. The highest BCUT2D eigenvalue weighted by Gasteiger charge is 2.32.